The van der Waals surface area contributed by atoms with Gasteiger partial charge in [0.2, 0.25) is 11.8 Å². The smallest absolute Gasteiger partial charge is 0.323 e. The molecule has 2 aliphatic heterocycles. The fraction of sp³-hybridized carbons (Fsp3) is 0.773. The molecule has 0 aromatic carbocycles. The number of likely N-dealkylation sites (tertiary alicyclic amines) is 1. The molecule has 2 N–H and O–H groups in total. The highest BCUT2D eigenvalue weighted by molar-refractivity contribution is 5.93. The zero-order valence-electron chi connectivity index (χ0n) is 19.7. The molecule has 186 valence electrons. The number of amides is 2. The van der Waals surface area contributed by atoms with E-state index < -0.39 is 17.6 Å². The van der Waals surface area contributed by atoms with Crippen molar-refractivity contribution in [3.8, 4) is 6.07 Å². The first-order valence-electron chi connectivity index (χ1n) is 11.8. The molecule has 2 amide bonds. The van der Waals surface area contributed by atoms with E-state index in [2.05, 4.69) is 20.8 Å². The number of morpholine rings is 1. The van der Waals surface area contributed by atoms with Crippen LogP contribution < -0.4 is 15.5 Å². The fourth-order valence-electron chi connectivity index (χ4n) is 4.73. The summed E-state index contributed by atoms with van der Waals surface area (Å²) in [5, 5.41) is 23.2. The third kappa shape index (κ3) is 5.31. The van der Waals surface area contributed by atoms with Gasteiger partial charge in [0, 0.05) is 30.5 Å². The lowest BCUT2D eigenvalue weighted by Gasteiger charge is -2.42. The molecule has 1 aromatic rings. The van der Waals surface area contributed by atoms with Crippen LogP contribution in [0.1, 0.15) is 46.0 Å². The Bertz CT molecular complexity index is 934. The van der Waals surface area contributed by atoms with Crippen LogP contribution in [0.5, 0.6) is 0 Å². The summed E-state index contributed by atoms with van der Waals surface area (Å²) >= 11 is 0. The number of nitrogens with zero attached hydrogens (tertiary/aromatic N) is 5. The predicted octanol–water partition coefficient (Wildman–Crippen LogP) is 1.24. The highest BCUT2D eigenvalue weighted by atomic mass is 19.1. The van der Waals surface area contributed by atoms with Crippen LogP contribution >= 0.6 is 0 Å². The lowest BCUT2D eigenvalue weighted by Crippen LogP contribution is -2.53. The fourth-order valence-corrected chi connectivity index (χ4v) is 4.73. The summed E-state index contributed by atoms with van der Waals surface area (Å²) in [4.78, 5) is 28.8. The van der Waals surface area contributed by atoms with E-state index in [-0.39, 0.29) is 42.9 Å². The van der Waals surface area contributed by atoms with Gasteiger partial charge in [-0.3, -0.25) is 14.9 Å². The van der Waals surface area contributed by atoms with Crippen LogP contribution in [0.15, 0.2) is 4.42 Å². The Hall–Kier alpha value is -2.78. The second kappa shape index (κ2) is 9.84. The van der Waals surface area contributed by atoms with E-state index in [0.717, 1.165) is 0 Å². The molecule has 1 aliphatic carbocycles. The molecule has 3 fully saturated rings. The number of hydrogen-bond acceptors (Lipinski definition) is 9. The van der Waals surface area contributed by atoms with Crippen molar-refractivity contribution >= 4 is 23.8 Å². The van der Waals surface area contributed by atoms with E-state index in [9.17, 15) is 14.0 Å². The van der Waals surface area contributed by atoms with Gasteiger partial charge in [-0.1, -0.05) is 17.1 Å². The predicted molar refractivity (Wildman–Crippen MR) is 120 cm³/mol. The largest absolute Gasteiger partial charge is 0.389 e. The summed E-state index contributed by atoms with van der Waals surface area (Å²) in [6.45, 7) is 6.44. The van der Waals surface area contributed by atoms with Gasteiger partial charge in [0.1, 0.15) is 12.2 Å². The van der Waals surface area contributed by atoms with Gasteiger partial charge in [0.25, 0.3) is 0 Å². The minimum Gasteiger partial charge on any atom is -0.389 e. The molecule has 0 radical (unpaired) electrons. The van der Waals surface area contributed by atoms with Crippen molar-refractivity contribution in [2.24, 2.45) is 5.41 Å². The first kappa shape index (κ1) is 24.3. The Balaban J connectivity index is 1.27. The highest BCUT2D eigenvalue weighted by Gasteiger charge is 2.43. The Labute approximate surface area is 198 Å². The maximum Gasteiger partial charge on any atom is 0.323 e. The highest BCUT2D eigenvalue weighted by Crippen LogP contribution is 2.41. The number of nitrogens with one attached hydrogen (secondary N) is 2. The summed E-state index contributed by atoms with van der Waals surface area (Å²) in [5.41, 5.74) is -0.943. The summed E-state index contributed by atoms with van der Waals surface area (Å²) in [5.74, 6) is -0.447. The van der Waals surface area contributed by atoms with E-state index in [1.54, 1.807) is 0 Å². The molecule has 0 unspecified atom stereocenters. The zero-order valence-corrected chi connectivity index (χ0v) is 19.7. The average molecular weight is 478 g/mol. The lowest BCUT2D eigenvalue weighted by molar-refractivity contribution is -0.131. The minimum atomic E-state index is -1.15. The van der Waals surface area contributed by atoms with Crippen molar-refractivity contribution in [1.82, 2.24) is 20.4 Å². The molecule has 12 heteroatoms. The SMILES string of the molecule is CC1(NCC(=O)N2C[C@@H](F)C[C@H]2C#N)CCC(C)(C(=O)Nc2nnc(N3CCOCC3)o2)CC1. The van der Waals surface area contributed by atoms with Gasteiger partial charge >= 0.3 is 12.0 Å². The van der Waals surface area contributed by atoms with Gasteiger partial charge in [0.15, 0.2) is 0 Å². The van der Waals surface area contributed by atoms with Crippen molar-refractivity contribution in [2.45, 2.75) is 63.7 Å². The van der Waals surface area contributed by atoms with Crippen molar-refractivity contribution in [3.63, 3.8) is 0 Å². The van der Waals surface area contributed by atoms with Crippen LogP contribution in [0, 0.1) is 16.7 Å². The second-order valence-corrected chi connectivity index (χ2v) is 9.94. The quantitative estimate of drug-likeness (QED) is 0.620. The lowest BCUT2D eigenvalue weighted by atomic mass is 9.68. The summed E-state index contributed by atoms with van der Waals surface area (Å²) in [7, 11) is 0. The first-order chi connectivity index (χ1) is 16.2. The standard InChI is InChI=1S/C22H32FN7O4/c1-21(18(32)26-19-27-28-20(34-19)29-7-9-33-10-8-29)3-5-22(2,6-4-21)25-13-17(31)30-14-15(23)11-16(30)12-24/h15-16,25H,3-11,13-14H2,1-2H3,(H,26,27,32)/t15-,16-,21?,22?/m0/s1. The van der Waals surface area contributed by atoms with Crippen LogP contribution in [0.25, 0.3) is 0 Å². The number of halogens is 1. The third-order valence-corrected chi connectivity index (χ3v) is 7.31. The third-order valence-electron chi connectivity index (χ3n) is 7.31. The van der Waals surface area contributed by atoms with E-state index in [1.165, 1.54) is 4.90 Å². The number of rotatable bonds is 6. The van der Waals surface area contributed by atoms with E-state index in [0.29, 0.717) is 58.0 Å². The van der Waals surface area contributed by atoms with Crippen LogP contribution in [0.2, 0.25) is 0 Å². The number of ether oxygens (including phenoxy) is 1. The number of nitriles is 1. The number of aromatic nitrogens is 2. The molecular weight excluding hydrogens is 445 g/mol. The van der Waals surface area contributed by atoms with E-state index in [4.69, 9.17) is 14.4 Å². The number of anilines is 2. The Kier molecular flexibility index (Phi) is 7.04. The number of alkyl halides is 1. The van der Waals surface area contributed by atoms with Crippen LogP contribution in [-0.2, 0) is 14.3 Å². The topological polar surface area (TPSA) is 137 Å². The van der Waals surface area contributed by atoms with Gasteiger partial charge in [0.05, 0.1) is 32.4 Å². The van der Waals surface area contributed by atoms with Crippen molar-refractivity contribution in [1.29, 1.82) is 5.26 Å². The molecule has 4 rings (SSSR count). The minimum absolute atomic E-state index is 0.0311. The van der Waals surface area contributed by atoms with Crippen molar-refractivity contribution in [3.05, 3.63) is 0 Å². The summed E-state index contributed by atoms with van der Waals surface area (Å²) in [6.07, 6.45) is 1.50. The Morgan fingerprint density at radius 1 is 1.21 bits per heavy atom. The van der Waals surface area contributed by atoms with Crippen LogP contribution in [0.4, 0.5) is 16.4 Å². The molecule has 2 atom stereocenters. The molecule has 0 bridgehead atoms. The average Bonchev–Trinajstić information content (AvgIpc) is 3.46. The van der Waals surface area contributed by atoms with Gasteiger partial charge in [-0.25, -0.2) is 4.39 Å². The molecule has 2 saturated heterocycles. The first-order valence-corrected chi connectivity index (χ1v) is 11.8. The zero-order chi connectivity index (χ0) is 24.3. The Morgan fingerprint density at radius 2 is 1.91 bits per heavy atom. The Morgan fingerprint density at radius 3 is 2.59 bits per heavy atom. The molecule has 1 aromatic heterocycles. The number of hydrogen-bond donors (Lipinski definition) is 2. The maximum atomic E-state index is 13.6. The van der Waals surface area contributed by atoms with E-state index >= 15 is 0 Å². The second-order valence-electron chi connectivity index (χ2n) is 9.94. The monoisotopic (exact) mass is 477 g/mol. The molecule has 3 aliphatic rings. The summed E-state index contributed by atoms with van der Waals surface area (Å²) < 4.78 is 24.6. The van der Waals surface area contributed by atoms with Crippen molar-refractivity contribution < 1.29 is 23.1 Å². The molecular formula is C22H32FN7O4. The van der Waals surface area contributed by atoms with Gasteiger partial charge in [-0.15, -0.1) is 0 Å². The van der Waals surface area contributed by atoms with Gasteiger partial charge in [-0.05, 0) is 32.6 Å². The normalized spacial score (nSPS) is 31.8. The molecule has 34 heavy (non-hydrogen) atoms. The molecule has 1 saturated carbocycles. The molecule has 0 spiro atoms. The van der Waals surface area contributed by atoms with Crippen LogP contribution in [0.3, 0.4) is 0 Å². The van der Waals surface area contributed by atoms with Gasteiger partial charge in [-0.2, -0.15) is 5.26 Å². The van der Waals surface area contributed by atoms with Gasteiger partial charge < -0.3 is 24.3 Å². The number of carbonyl (C=O) groups is 2. The van der Waals surface area contributed by atoms with E-state index in [1.807, 2.05) is 24.8 Å². The number of carbonyl (C=O) groups excluding carboxylic acids is 2. The summed E-state index contributed by atoms with van der Waals surface area (Å²) in [6, 6.07) is 1.74. The maximum absolute atomic E-state index is 13.6. The molecule has 3 heterocycles. The van der Waals surface area contributed by atoms with Crippen molar-refractivity contribution in [2.75, 3.05) is 49.6 Å². The molecule has 11 nitrogen and oxygen atoms in total. The van der Waals surface area contributed by atoms with Crippen LogP contribution in [-0.4, -0.2) is 84.1 Å².